The average Bonchev–Trinajstić information content (AvgIpc) is 2.68. The third-order valence-electron chi connectivity index (χ3n) is 3.46. The predicted octanol–water partition coefficient (Wildman–Crippen LogP) is 3.06. The number of halogens is 1. The Kier molecular flexibility index (Phi) is 17.2. The fraction of sp³-hybridized carbons (Fsp3) is 0.550. The molecule has 1 fully saturated rings. The molecule has 0 bridgehead atoms. The molecule has 3 N–H and O–H groups in total. The van der Waals surface area contributed by atoms with E-state index < -0.39 is 5.91 Å². The molecule has 1 aromatic rings. The van der Waals surface area contributed by atoms with Crippen LogP contribution >= 0.6 is 11.6 Å². The normalized spacial score (nSPS) is 12.4. The minimum Gasteiger partial charge on any atom is -0.659 e. The summed E-state index contributed by atoms with van der Waals surface area (Å²) in [7, 11) is 3.23. The fourth-order valence-electron chi connectivity index (χ4n) is 2.14. The number of likely N-dealkylation sites (N-methyl/N-ethyl adjacent to an activating group) is 1. The van der Waals surface area contributed by atoms with E-state index in [-0.39, 0.29) is 55.6 Å². The van der Waals surface area contributed by atoms with Gasteiger partial charge in [0.2, 0.25) is 0 Å². The second kappa shape index (κ2) is 16.6. The first-order chi connectivity index (χ1) is 13.6. The molecule has 2 amide bonds. The summed E-state index contributed by atoms with van der Waals surface area (Å²) < 4.78 is 0. The summed E-state index contributed by atoms with van der Waals surface area (Å²) in [5.74, 6) is -0.843. The van der Waals surface area contributed by atoms with Crippen molar-refractivity contribution in [1.82, 2.24) is 9.80 Å². The van der Waals surface area contributed by atoms with E-state index in [2.05, 4.69) is 10.6 Å². The second-order valence-electron chi connectivity index (χ2n) is 6.45. The van der Waals surface area contributed by atoms with Gasteiger partial charge >= 0.3 is 0 Å². The van der Waals surface area contributed by atoms with Gasteiger partial charge < -0.3 is 25.5 Å². The maximum absolute atomic E-state index is 12.4. The molecule has 1 aliphatic rings. The third-order valence-corrected chi connectivity index (χ3v) is 3.78. The molecule has 0 spiro atoms. The van der Waals surface area contributed by atoms with Gasteiger partial charge in [-0.1, -0.05) is 25.4 Å². The Bertz CT molecular complexity index is 678. The first-order valence-corrected chi connectivity index (χ1v) is 9.98. The number of amidine groups is 1. The number of nitrogens with one attached hydrogen (secondary N) is 2. The molecule has 10 heteroatoms. The molecule has 1 saturated heterocycles. The van der Waals surface area contributed by atoms with Crippen LogP contribution in [0.25, 0.3) is 5.32 Å². The van der Waals surface area contributed by atoms with Gasteiger partial charge in [-0.25, -0.2) is 0 Å². The van der Waals surface area contributed by atoms with Crippen LogP contribution in [0.2, 0.25) is 5.02 Å². The number of anilines is 1. The zero-order chi connectivity index (χ0) is 22.6. The Hall–Kier alpha value is -1.06. The Balaban J connectivity index is 0. The standard InChI is InChI=1S/C15H19ClN5O2.C3H8O.C2H6.Y/c1-20(2)13(17)14(22)19-10-3-4-11(12(16)9-10)15(23)21-7-5-18-6-8-21;1-3(2)4;1-2;/h3-4,9,17H,5-8H2,1-2H3,(H,19,22);3-4H,1-2H3;1-2H3;/q-1;;;. The Morgan fingerprint density at radius 2 is 1.73 bits per heavy atom. The Labute approximate surface area is 210 Å². The number of piperazine rings is 1. The largest absolute Gasteiger partial charge is 0.659 e. The first kappa shape index (κ1) is 31.1. The molecule has 1 aliphatic heterocycles. The molecule has 0 aliphatic carbocycles. The number of aliphatic hydroxyl groups excluding tert-OH is 1. The molecule has 1 radical (unpaired) electrons. The molecule has 2 rings (SSSR count). The summed E-state index contributed by atoms with van der Waals surface area (Å²) in [6, 6.07) is 4.71. The van der Waals surface area contributed by atoms with Crippen molar-refractivity contribution in [3.63, 3.8) is 0 Å². The summed E-state index contributed by atoms with van der Waals surface area (Å²) in [6.07, 6.45) is -0.167. The maximum atomic E-state index is 12.4. The number of nitrogens with zero attached hydrogens (tertiary/aromatic N) is 3. The van der Waals surface area contributed by atoms with Gasteiger partial charge in [0.25, 0.3) is 11.8 Å². The summed E-state index contributed by atoms with van der Waals surface area (Å²) in [5.41, 5.74) is 0.839. The van der Waals surface area contributed by atoms with Gasteiger partial charge in [0.05, 0.1) is 10.6 Å². The molecular weight excluding hydrogens is 483 g/mol. The Morgan fingerprint density at radius 3 is 2.17 bits per heavy atom. The van der Waals surface area contributed by atoms with E-state index >= 15 is 0 Å². The zero-order valence-corrected chi connectivity index (χ0v) is 22.3. The van der Waals surface area contributed by atoms with Gasteiger partial charge in [-0.2, -0.15) is 0 Å². The topological polar surface area (TPSA) is 111 Å². The van der Waals surface area contributed by atoms with Gasteiger partial charge in [0, 0.05) is 71.7 Å². The van der Waals surface area contributed by atoms with Crippen molar-refractivity contribution in [3.05, 3.63) is 34.1 Å². The van der Waals surface area contributed by atoms with Crippen LogP contribution in [-0.4, -0.2) is 78.9 Å². The van der Waals surface area contributed by atoms with Crippen LogP contribution in [0.4, 0.5) is 5.69 Å². The molecule has 0 unspecified atom stereocenters. The van der Waals surface area contributed by atoms with E-state index in [1.165, 1.54) is 11.0 Å². The van der Waals surface area contributed by atoms with Crippen molar-refractivity contribution in [1.29, 1.82) is 5.41 Å². The minimum atomic E-state index is -0.539. The van der Waals surface area contributed by atoms with Crippen LogP contribution in [0, 0.1) is 5.41 Å². The van der Waals surface area contributed by atoms with Crippen LogP contribution in [0.15, 0.2) is 18.2 Å². The molecule has 0 atom stereocenters. The molecular formula is C20H33ClN5O3Y-. The van der Waals surface area contributed by atoms with Crippen LogP contribution < -0.4 is 5.32 Å². The number of benzene rings is 1. The predicted molar refractivity (Wildman–Crippen MR) is 119 cm³/mol. The van der Waals surface area contributed by atoms with Gasteiger partial charge in [-0.3, -0.25) is 15.0 Å². The first-order valence-electron chi connectivity index (χ1n) is 9.60. The van der Waals surface area contributed by atoms with Crippen molar-refractivity contribution in [2.45, 2.75) is 33.8 Å². The summed E-state index contributed by atoms with van der Waals surface area (Å²) >= 11 is 6.18. The number of carbonyl (C=O) groups excluding carboxylic acids is 2. The van der Waals surface area contributed by atoms with Gasteiger partial charge in [0.1, 0.15) is 0 Å². The van der Waals surface area contributed by atoms with E-state index in [0.29, 0.717) is 37.4 Å². The quantitative estimate of drug-likeness (QED) is 0.415. The van der Waals surface area contributed by atoms with Gasteiger partial charge in [-0.15, -0.1) is 13.1 Å². The van der Waals surface area contributed by atoms with E-state index in [4.69, 9.17) is 22.1 Å². The summed E-state index contributed by atoms with van der Waals surface area (Å²) in [6.45, 7) is 9.91. The van der Waals surface area contributed by atoms with Crippen LogP contribution in [0.5, 0.6) is 0 Å². The van der Waals surface area contributed by atoms with E-state index in [0.717, 1.165) is 0 Å². The molecule has 0 saturated carbocycles. The van der Waals surface area contributed by atoms with Crippen molar-refractivity contribution in [3.8, 4) is 0 Å². The van der Waals surface area contributed by atoms with Gasteiger partial charge in [-0.05, 0) is 32.0 Å². The molecule has 167 valence electrons. The summed E-state index contributed by atoms with van der Waals surface area (Å²) in [5, 5.41) is 22.7. The zero-order valence-electron chi connectivity index (χ0n) is 18.7. The van der Waals surface area contributed by atoms with Crippen LogP contribution in [0.1, 0.15) is 38.1 Å². The minimum absolute atomic E-state index is 0. The Morgan fingerprint density at radius 1 is 1.23 bits per heavy atom. The van der Waals surface area contributed by atoms with Crippen molar-refractivity contribution >= 4 is 34.9 Å². The molecule has 1 heterocycles. The van der Waals surface area contributed by atoms with Crippen LogP contribution in [0.3, 0.4) is 0 Å². The number of amides is 2. The van der Waals surface area contributed by atoms with Crippen molar-refractivity contribution < 1.29 is 47.4 Å². The van der Waals surface area contributed by atoms with Crippen molar-refractivity contribution in [2.24, 2.45) is 0 Å². The third kappa shape index (κ3) is 11.4. The maximum Gasteiger partial charge on any atom is 0.290 e. The molecule has 1 aromatic carbocycles. The van der Waals surface area contributed by atoms with Crippen molar-refractivity contribution in [2.75, 3.05) is 45.6 Å². The van der Waals surface area contributed by atoms with E-state index in [9.17, 15) is 9.59 Å². The number of rotatable bonds is 2. The fourth-order valence-corrected chi connectivity index (χ4v) is 2.40. The molecule has 30 heavy (non-hydrogen) atoms. The second-order valence-corrected chi connectivity index (χ2v) is 6.86. The molecule has 0 aromatic heterocycles. The van der Waals surface area contributed by atoms with Gasteiger partial charge in [0.15, 0.2) is 5.84 Å². The number of hydrogen-bond donors (Lipinski definition) is 3. The summed E-state index contributed by atoms with van der Waals surface area (Å²) in [4.78, 5) is 27.4. The number of hydrogen-bond acceptors (Lipinski definition) is 4. The average molecular weight is 516 g/mol. The van der Waals surface area contributed by atoms with E-state index in [1.807, 2.05) is 13.8 Å². The smallest absolute Gasteiger partial charge is 0.290 e. The van der Waals surface area contributed by atoms with E-state index in [1.54, 1.807) is 45.0 Å². The molecule has 8 nitrogen and oxygen atoms in total. The monoisotopic (exact) mass is 515 g/mol. The SMILES string of the molecule is CC.CC(C)O.CN(C)C(=N)C(=O)Nc1ccc(C(=O)N2CC[N-]CC2)c(Cl)c1.[Y]. The van der Waals surface area contributed by atoms with Crippen LogP contribution in [-0.2, 0) is 37.5 Å². The number of carbonyl (C=O) groups is 2. The number of aliphatic hydroxyl groups is 1.